The van der Waals surface area contributed by atoms with Gasteiger partial charge < -0.3 is 5.32 Å². The molecule has 21 heavy (non-hydrogen) atoms. The third kappa shape index (κ3) is 3.79. The average Bonchev–Trinajstić information content (AvgIpc) is 2.42. The van der Waals surface area contributed by atoms with E-state index in [1.807, 2.05) is 19.9 Å². The van der Waals surface area contributed by atoms with E-state index in [1.165, 1.54) is 11.1 Å². The number of nitrogens with zero attached hydrogens (tertiary/aromatic N) is 2. The maximum atomic E-state index is 12.1. The molecule has 4 heteroatoms. The van der Waals surface area contributed by atoms with Crippen LogP contribution in [0.3, 0.4) is 0 Å². The molecule has 0 saturated carbocycles. The van der Waals surface area contributed by atoms with Crippen LogP contribution in [0.5, 0.6) is 0 Å². The number of rotatable bonds is 5. The standard InChI is InChI=1S/C17H23N3O/c1-5-18-16(15-8-6-12(2)7-9-15)11-20-14(4)10-13(3)19-17(20)21/h6-10,16,18H,5,11H2,1-4H3. The van der Waals surface area contributed by atoms with E-state index in [4.69, 9.17) is 0 Å². The van der Waals surface area contributed by atoms with E-state index in [0.29, 0.717) is 6.54 Å². The number of hydrogen-bond donors (Lipinski definition) is 1. The van der Waals surface area contributed by atoms with E-state index >= 15 is 0 Å². The molecule has 1 unspecified atom stereocenters. The van der Waals surface area contributed by atoms with Gasteiger partial charge in [-0.15, -0.1) is 0 Å². The summed E-state index contributed by atoms with van der Waals surface area (Å²) in [6.45, 7) is 9.39. The molecule has 0 radical (unpaired) electrons. The summed E-state index contributed by atoms with van der Waals surface area (Å²) >= 11 is 0. The second-order valence-corrected chi connectivity index (χ2v) is 5.45. The molecule has 0 saturated heterocycles. The van der Waals surface area contributed by atoms with Gasteiger partial charge in [-0.2, -0.15) is 4.98 Å². The highest BCUT2D eigenvalue weighted by atomic mass is 16.1. The third-order valence-electron chi connectivity index (χ3n) is 3.64. The fraction of sp³-hybridized carbons (Fsp3) is 0.412. The molecule has 0 aliphatic carbocycles. The largest absolute Gasteiger partial charge is 0.348 e. The van der Waals surface area contributed by atoms with Crippen molar-refractivity contribution >= 4 is 0 Å². The van der Waals surface area contributed by atoms with Crippen LogP contribution >= 0.6 is 0 Å². The van der Waals surface area contributed by atoms with Gasteiger partial charge in [-0.1, -0.05) is 36.8 Å². The molecule has 0 spiro atoms. The smallest absolute Gasteiger partial charge is 0.309 e. The lowest BCUT2D eigenvalue weighted by atomic mass is 10.0. The van der Waals surface area contributed by atoms with E-state index in [9.17, 15) is 4.79 Å². The molecule has 4 nitrogen and oxygen atoms in total. The van der Waals surface area contributed by atoms with Crippen LogP contribution in [0.1, 0.15) is 35.5 Å². The van der Waals surface area contributed by atoms with E-state index in [1.54, 1.807) is 4.57 Å². The highest BCUT2D eigenvalue weighted by Crippen LogP contribution is 2.16. The van der Waals surface area contributed by atoms with Gasteiger partial charge in [0.15, 0.2) is 0 Å². The summed E-state index contributed by atoms with van der Waals surface area (Å²) in [6.07, 6.45) is 0. The van der Waals surface area contributed by atoms with Gasteiger partial charge >= 0.3 is 5.69 Å². The van der Waals surface area contributed by atoms with Crippen LogP contribution in [0.15, 0.2) is 35.1 Å². The second-order valence-electron chi connectivity index (χ2n) is 5.45. The molecule has 0 fully saturated rings. The van der Waals surface area contributed by atoms with Crippen molar-refractivity contribution < 1.29 is 0 Å². The Labute approximate surface area is 125 Å². The fourth-order valence-electron chi connectivity index (χ4n) is 2.51. The lowest BCUT2D eigenvalue weighted by molar-refractivity contribution is 0.455. The van der Waals surface area contributed by atoms with Crippen LogP contribution in [0.2, 0.25) is 0 Å². The van der Waals surface area contributed by atoms with Gasteiger partial charge in [-0.25, -0.2) is 4.79 Å². The first-order valence-corrected chi connectivity index (χ1v) is 7.36. The molecule has 1 aromatic carbocycles. The SMILES string of the molecule is CCNC(Cn1c(C)cc(C)nc1=O)c1ccc(C)cc1. The average molecular weight is 285 g/mol. The normalized spacial score (nSPS) is 12.4. The van der Waals surface area contributed by atoms with Gasteiger partial charge in [0.1, 0.15) is 0 Å². The molecule has 0 amide bonds. The molecule has 1 heterocycles. The summed E-state index contributed by atoms with van der Waals surface area (Å²) in [5.74, 6) is 0. The van der Waals surface area contributed by atoms with Crippen LogP contribution in [-0.2, 0) is 6.54 Å². The maximum Gasteiger partial charge on any atom is 0.348 e. The zero-order chi connectivity index (χ0) is 15.4. The van der Waals surface area contributed by atoms with Crippen molar-refractivity contribution in [3.05, 3.63) is 63.3 Å². The van der Waals surface area contributed by atoms with Crippen molar-refractivity contribution in [2.45, 2.75) is 40.3 Å². The van der Waals surface area contributed by atoms with Crippen molar-refractivity contribution in [1.82, 2.24) is 14.9 Å². The molecular weight excluding hydrogens is 262 g/mol. The Morgan fingerprint density at radius 3 is 2.43 bits per heavy atom. The molecule has 2 aromatic rings. The Bertz CT molecular complexity index is 659. The molecule has 0 aliphatic rings. The highest BCUT2D eigenvalue weighted by molar-refractivity contribution is 5.24. The van der Waals surface area contributed by atoms with E-state index < -0.39 is 0 Å². The summed E-state index contributed by atoms with van der Waals surface area (Å²) in [5, 5.41) is 3.45. The van der Waals surface area contributed by atoms with E-state index in [2.05, 4.69) is 48.4 Å². The van der Waals surface area contributed by atoms with Crippen molar-refractivity contribution in [3.8, 4) is 0 Å². The molecular formula is C17H23N3O. The number of aryl methyl sites for hydroxylation is 3. The van der Waals surface area contributed by atoms with Crippen LogP contribution in [0.25, 0.3) is 0 Å². The van der Waals surface area contributed by atoms with E-state index in [-0.39, 0.29) is 11.7 Å². The quantitative estimate of drug-likeness (QED) is 0.918. The Hall–Kier alpha value is -1.94. The monoisotopic (exact) mass is 285 g/mol. The van der Waals surface area contributed by atoms with Crippen molar-refractivity contribution in [2.24, 2.45) is 0 Å². The molecule has 112 valence electrons. The topological polar surface area (TPSA) is 46.9 Å². The number of hydrogen-bond acceptors (Lipinski definition) is 3. The number of benzene rings is 1. The molecule has 0 bridgehead atoms. The summed E-state index contributed by atoms with van der Waals surface area (Å²) in [4.78, 5) is 16.1. The second kappa shape index (κ2) is 6.68. The highest BCUT2D eigenvalue weighted by Gasteiger charge is 2.13. The van der Waals surface area contributed by atoms with Crippen molar-refractivity contribution in [3.63, 3.8) is 0 Å². The summed E-state index contributed by atoms with van der Waals surface area (Å²) in [7, 11) is 0. The zero-order valence-corrected chi connectivity index (χ0v) is 13.2. The first-order valence-electron chi connectivity index (χ1n) is 7.36. The van der Waals surface area contributed by atoms with Gasteiger partial charge in [-0.3, -0.25) is 4.57 Å². The van der Waals surface area contributed by atoms with Crippen LogP contribution < -0.4 is 11.0 Å². The van der Waals surface area contributed by atoms with Gasteiger partial charge in [0.05, 0.1) is 6.04 Å². The minimum atomic E-state index is -0.178. The summed E-state index contributed by atoms with van der Waals surface area (Å²) in [5.41, 5.74) is 3.96. The predicted molar refractivity (Wildman–Crippen MR) is 85.6 cm³/mol. The Balaban J connectivity index is 2.32. The lowest BCUT2D eigenvalue weighted by Gasteiger charge is -2.21. The molecule has 2 rings (SSSR count). The lowest BCUT2D eigenvalue weighted by Crippen LogP contribution is -2.33. The van der Waals surface area contributed by atoms with Gasteiger partial charge in [0, 0.05) is 17.9 Å². The Kier molecular flexibility index (Phi) is 4.91. The van der Waals surface area contributed by atoms with Crippen LogP contribution in [-0.4, -0.2) is 16.1 Å². The minimum absolute atomic E-state index is 0.108. The summed E-state index contributed by atoms with van der Waals surface area (Å²) < 4.78 is 1.74. The van der Waals surface area contributed by atoms with Crippen LogP contribution in [0.4, 0.5) is 0 Å². The molecule has 0 aliphatic heterocycles. The van der Waals surface area contributed by atoms with Gasteiger partial charge in [-0.05, 0) is 38.9 Å². The molecule has 1 aromatic heterocycles. The number of nitrogens with one attached hydrogen (secondary N) is 1. The van der Waals surface area contributed by atoms with Crippen molar-refractivity contribution in [2.75, 3.05) is 6.54 Å². The van der Waals surface area contributed by atoms with E-state index in [0.717, 1.165) is 17.9 Å². The molecule has 1 atom stereocenters. The van der Waals surface area contributed by atoms with Gasteiger partial charge in [0.25, 0.3) is 0 Å². The Morgan fingerprint density at radius 1 is 1.19 bits per heavy atom. The third-order valence-corrected chi connectivity index (χ3v) is 3.64. The van der Waals surface area contributed by atoms with Gasteiger partial charge in [0.2, 0.25) is 0 Å². The first kappa shape index (κ1) is 15.4. The maximum absolute atomic E-state index is 12.1. The fourth-order valence-corrected chi connectivity index (χ4v) is 2.51. The minimum Gasteiger partial charge on any atom is -0.309 e. The molecule has 1 N–H and O–H groups in total. The zero-order valence-electron chi connectivity index (χ0n) is 13.2. The number of aromatic nitrogens is 2. The predicted octanol–water partition coefficient (Wildman–Crippen LogP) is 2.52. The van der Waals surface area contributed by atoms with Crippen LogP contribution in [0, 0.1) is 20.8 Å². The number of likely N-dealkylation sites (N-methyl/N-ethyl adjacent to an activating group) is 1. The first-order chi connectivity index (χ1) is 10.0. The van der Waals surface area contributed by atoms with Crippen molar-refractivity contribution in [1.29, 1.82) is 0 Å². The summed E-state index contributed by atoms with van der Waals surface area (Å²) in [6, 6.07) is 10.5. The Morgan fingerprint density at radius 2 is 1.86 bits per heavy atom.